The number of piperazine rings is 1. The van der Waals surface area contributed by atoms with Crippen LogP contribution < -0.4 is 5.32 Å². The second-order valence-corrected chi connectivity index (χ2v) is 5.70. The van der Waals surface area contributed by atoms with Crippen LogP contribution in [0, 0.1) is 5.92 Å². The summed E-state index contributed by atoms with van der Waals surface area (Å²) in [4.78, 5) is 20.3. The Kier molecular flexibility index (Phi) is 5.35. The van der Waals surface area contributed by atoms with Gasteiger partial charge < -0.3 is 10.2 Å². The Morgan fingerprint density at radius 3 is 2.50 bits per heavy atom. The van der Waals surface area contributed by atoms with Gasteiger partial charge in [0.25, 0.3) is 0 Å². The fourth-order valence-corrected chi connectivity index (χ4v) is 2.26. The number of pyridine rings is 1. The Morgan fingerprint density at radius 2 is 1.90 bits per heavy atom. The minimum Gasteiger partial charge on any atom is -0.338 e. The van der Waals surface area contributed by atoms with Crippen LogP contribution in [-0.2, 0) is 6.54 Å². The van der Waals surface area contributed by atoms with Crippen molar-refractivity contribution >= 4 is 6.03 Å². The van der Waals surface area contributed by atoms with Gasteiger partial charge in [-0.25, -0.2) is 4.79 Å². The highest BCUT2D eigenvalue weighted by Gasteiger charge is 2.20. The number of urea groups is 1. The fourth-order valence-electron chi connectivity index (χ4n) is 2.26. The van der Waals surface area contributed by atoms with Crippen molar-refractivity contribution in [3.8, 4) is 0 Å². The summed E-state index contributed by atoms with van der Waals surface area (Å²) < 4.78 is 0. The van der Waals surface area contributed by atoms with E-state index in [4.69, 9.17) is 0 Å². The Balaban J connectivity index is 1.73. The summed E-state index contributed by atoms with van der Waals surface area (Å²) in [7, 11) is 0. The molecule has 0 bridgehead atoms. The van der Waals surface area contributed by atoms with E-state index in [1.807, 2.05) is 29.4 Å². The molecule has 0 unspecified atom stereocenters. The predicted octanol–water partition coefficient (Wildman–Crippen LogP) is 1.56. The predicted molar refractivity (Wildman–Crippen MR) is 79.3 cm³/mol. The summed E-state index contributed by atoms with van der Waals surface area (Å²) in [5, 5.41) is 2.98. The van der Waals surface area contributed by atoms with E-state index < -0.39 is 0 Å². The number of hydrogen-bond donors (Lipinski definition) is 1. The molecule has 0 saturated carbocycles. The van der Waals surface area contributed by atoms with Crippen molar-refractivity contribution in [3.63, 3.8) is 0 Å². The zero-order valence-corrected chi connectivity index (χ0v) is 12.4. The number of rotatable bonds is 4. The number of aromatic nitrogens is 1. The van der Waals surface area contributed by atoms with E-state index in [0.717, 1.165) is 39.3 Å². The minimum absolute atomic E-state index is 0.0715. The van der Waals surface area contributed by atoms with E-state index in [1.54, 1.807) is 0 Å². The van der Waals surface area contributed by atoms with E-state index >= 15 is 0 Å². The molecule has 2 amide bonds. The van der Waals surface area contributed by atoms with Crippen LogP contribution in [0.1, 0.15) is 19.4 Å². The Labute approximate surface area is 121 Å². The van der Waals surface area contributed by atoms with Crippen LogP contribution >= 0.6 is 0 Å². The zero-order chi connectivity index (χ0) is 14.4. The molecule has 0 aliphatic carbocycles. The number of hydrogen-bond acceptors (Lipinski definition) is 3. The lowest BCUT2D eigenvalue weighted by atomic mass is 10.2. The normalized spacial score (nSPS) is 16.4. The molecule has 0 spiro atoms. The molecule has 0 aromatic carbocycles. The molecule has 1 N–H and O–H groups in total. The minimum atomic E-state index is 0.0715. The summed E-state index contributed by atoms with van der Waals surface area (Å²) in [5.74, 6) is 0.493. The van der Waals surface area contributed by atoms with E-state index in [-0.39, 0.29) is 6.03 Å². The first-order valence-electron chi connectivity index (χ1n) is 7.29. The van der Waals surface area contributed by atoms with Gasteiger partial charge in [-0.2, -0.15) is 0 Å². The smallest absolute Gasteiger partial charge is 0.317 e. The summed E-state index contributed by atoms with van der Waals surface area (Å²) in [6.45, 7) is 9.35. The molecule has 110 valence electrons. The van der Waals surface area contributed by atoms with Gasteiger partial charge >= 0.3 is 6.03 Å². The van der Waals surface area contributed by atoms with Gasteiger partial charge in [-0.15, -0.1) is 0 Å². The molecule has 1 aliphatic rings. The van der Waals surface area contributed by atoms with Gasteiger partial charge in [0, 0.05) is 51.7 Å². The van der Waals surface area contributed by atoms with Crippen molar-refractivity contribution in [2.75, 3.05) is 32.7 Å². The Bertz CT molecular complexity index is 413. The average Bonchev–Trinajstić information content (AvgIpc) is 2.46. The van der Waals surface area contributed by atoms with Crippen molar-refractivity contribution in [2.24, 2.45) is 5.92 Å². The lowest BCUT2D eigenvalue weighted by Gasteiger charge is -2.34. The third kappa shape index (κ3) is 4.49. The highest BCUT2D eigenvalue weighted by atomic mass is 16.2. The zero-order valence-electron chi connectivity index (χ0n) is 12.4. The van der Waals surface area contributed by atoms with Crippen molar-refractivity contribution in [1.82, 2.24) is 20.1 Å². The number of nitrogens with zero attached hydrogens (tertiary/aromatic N) is 3. The van der Waals surface area contributed by atoms with Gasteiger partial charge in [-0.1, -0.05) is 13.8 Å². The maximum absolute atomic E-state index is 12.0. The molecule has 5 heteroatoms. The van der Waals surface area contributed by atoms with Crippen molar-refractivity contribution in [2.45, 2.75) is 20.4 Å². The Morgan fingerprint density at radius 1 is 1.25 bits per heavy atom. The first-order chi connectivity index (χ1) is 9.65. The fraction of sp³-hybridized carbons (Fsp3) is 0.600. The average molecular weight is 276 g/mol. The number of carbonyl (C=O) groups excluding carboxylic acids is 1. The quantitative estimate of drug-likeness (QED) is 0.908. The number of amides is 2. The summed E-state index contributed by atoms with van der Waals surface area (Å²) in [5.41, 5.74) is 1.28. The summed E-state index contributed by atoms with van der Waals surface area (Å²) in [6, 6.07) is 4.16. The van der Waals surface area contributed by atoms with Crippen LogP contribution in [0.5, 0.6) is 0 Å². The van der Waals surface area contributed by atoms with E-state index in [1.165, 1.54) is 5.56 Å². The highest BCUT2D eigenvalue weighted by molar-refractivity contribution is 5.74. The van der Waals surface area contributed by atoms with Crippen LogP contribution in [0.4, 0.5) is 4.79 Å². The molecule has 1 aliphatic heterocycles. The van der Waals surface area contributed by atoms with Gasteiger partial charge in [0.2, 0.25) is 0 Å². The molecule has 0 radical (unpaired) electrons. The lowest BCUT2D eigenvalue weighted by Crippen LogP contribution is -2.51. The van der Waals surface area contributed by atoms with Crippen LogP contribution in [0.25, 0.3) is 0 Å². The summed E-state index contributed by atoms with van der Waals surface area (Å²) in [6.07, 6.45) is 3.65. The van der Waals surface area contributed by atoms with Crippen molar-refractivity contribution in [3.05, 3.63) is 30.1 Å². The second kappa shape index (κ2) is 7.24. The van der Waals surface area contributed by atoms with Gasteiger partial charge in [0.1, 0.15) is 0 Å². The van der Waals surface area contributed by atoms with Crippen molar-refractivity contribution < 1.29 is 4.79 Å². The molecule has 20 heavy (non-hydrogen) atoms. The molecule has 1 saturated heterocycles. The number of nitrogens with one attached hydrogen (secondary N) is 1. The molecule has 1 fully saturated rings. The second-order valence-electron chi connectivity index (χ2n) is 5.70. The molecule has 2 rings (SSSR count). The van der Waals surface area contributed by atoms with Gasteiger partial charge in [0.05, 0.1) is 0 Å². The van der Waals surface area contributed by atoms with Gasteiger partial charge in [-0.05, 0) is 23.6 Å². The highest BCUT2D eigenvalue weighted by Crippen LogP contribution is 2.07. The molecule has 5 nitrogen and oxygen atoms in total. The molecule has 1 aromatic heterocycles. The largest absolute Gasteiger partial charge is 0.338 e. The third-order valence-corrected chi connectivity index (χ3v) is 3.48. The van der Waals surface area contributed by atoms with Crippen LogP contribution in [0.3, 0.4) is 0 Å². The van der Waals surface area contributed by atoms with Crippen LogP contribution in [0.15, 0.2) is 24.5 Å². The van der Waals surface area contributed by atoms with E-state index in [0.29, 0.717) is 5.92 Å². The first-order valence-corrected chi connectivity index (χ1v) is 7.29. The standard InChI is InChI=1S/C15H24N4O/c1-13(2)11-17-15(20)19-9-7-18(8-10-19)12-14-3-5-16-6-4-14/h3-6,13H,7-12H2,1-2H3,(H,17,20). The monoisotopic (exact) mass is 276 g/mol. The number of carbonyl (C=O) groups is 1. The maximum atomic E-state index is 12.0. The third-order valence-electron chi connectivity index (χ3n) is 3.48. The van der Waals surface area contributed by atoms with Gasteiger partial charge in [-0.3, -0.25) is 9.88 Å². The van der Waals surface area contributed by atoms with E-state index in [2.05, 4.69) is 29.0 Å². The molecular weight excluding hydrogens is 252 g/mol. The maximum Gasteiger partial charge on any atom is 0.317 e. The SMILES string of the molecule is CC(C)CNC(=O)N1CCN(Cc2ccncc2)CC1. The summed E-state index contributed by atoms with van der Waals surface area (Å²) >= 11 is 0. The topological polar surface area (TPSA) is 48.5 Å². The van der Waals surface area contributed by atoms with Crippen LogP contribution in [0.2, 0.25) is 0 Å². The van der Waals surface area contributed by atoms with Crippen LogP contribution in [-0.4, -0.2) is 53.5 Å². The molecular formula is C15H24N4O. The lowest BCUT2D eigenvalue weighted by molar-refractivity contribution is 0.135. The Hall–Kier alpha value is -1.62. The molecule has 0 atom stereocenters. The van der Waals surface area contributed by atoms with Crippen molar-refractivity contribution in [1.29, 1.82) is 0 Å². The van der Waals surface area contributed by atoms with E-state index in [9.17, 15) is 4.79 Å². The first kappa shape index (κ1) is 14.8. The molecule has 1 aromatic rings. The van der Waals surface area contributed by atoms with Gasteiger partial charge in [0.15, 0.2) is 0 Å². The molecule has 2 heterocycles.